The van der Waals surface area contributed by atoms with Crippen LogP contribution in [-0.2, 0) is 0 Å². The first-order valence-corrected chi connectivity index (χ1v) is 4.07. The smallest absolute Gasteiger partial charge is 0.282 e. The van der Waals surface area contributed by atoms with E-state index in [1.807, 2.05) is 5.43 Å². The Morgan fingerprint density at radius 1 is 1.31 bits per heavy atom. The average molecular weight is 256 g/mol. The Kier molecular flexibility index (Phi) is 2.75. The van der Waals surface area contributed by atoms with Crippen LogP contribution in [-0.4, -0.2) is 27.5 Å². The van der Waals surface area contributed by atoms with Crippen LogP contribution >= 0.6 is 34.8 Å². The number of rotatable bonds is 0. The van der Waals surface area contributed by atoms with Crippen molar-refractivity contribution >= 4 is 41.1 Å². The normalized spacial score (nSPS) is 23.5. The third kappa shape index (κ3) is 2.45. The Bertz CT molecular complexity index is 223. The number of halogens is 6. The van der Waals surface area contributed by atoms with Gasteiger partial charge in [-0.05, 0) is 0 Å². The van der Waals surface area contributed by atoms with Crippen LogP contribution in [0, 0.1) is 0 Å². The molecule has 9 heteroatoms. The first kappa shape index (κ1) is 11.0. The molecular weight excluding hydrogens is 253 g/mol. The van der Waals surface area contributed by atoms with Gasteiger partial charge in [-0.25, -0.2) is 4.90 Å². The van der Waals surface area contributed by atoms with Gasteiger partial charge in [-0.2, -0.15) is 5.10 Å². The van der Waals surface area contributed by atoms with Crippen LogP contribution in [0.5, 0.6) is 0 Å². The predicted molar refractivity (Wildman–Crippen MR) is 43.6 cm³/mol. The summed E-state index contributed by atoms with van der Waals surface area (Å²) >= 11 is 15.9. The number of nitrogens with zero attached hydrogens (tertiary/aromatic N) is 2. The van der Waals surface area contributed by atoms with E-state index in [1.165, 1.54) is 0 Å². The maximum atomic E-state index is 12.2. The fourth-order valence-electron chi connectivity index (χ4n) is 0.738. The second-order valence-electron chi connectivity index (χ2n) is 2.19. The lowest BCUT2D eigenvalue weighted by Crippen LogP contribution is -2.52. The van der Waals surface area contributed by atoms with Crippen molar-refractivity contribution in [3.8, 4) is 0 Å². The Balaban J connectivity index is 2.81. The molecule has 0 amide bonds. The summed E-state index contributed by atoms with van der Waals surface area (Å²) in [6, 6.07) is 0. The van der Waals surface area contributed by atoms with Crippen LogP contribution in [0.25, 0.3) is 0 Å². The zero-order valence-electron chi connectivity index (χ0n) is 5.82. The zero-order chi connectivity index (χ0) is 10.3. The lowest BCUT2D eigenvalue weighted by Gasteiger charge is -2.29. The van der Waals surface area contributed by atoms with Gasteiger partial charge in [0.25, 0.3) is 0 Å². The highest BCUT2D eigenvalue weighted by Gasteiger charge is 2.50. The monoisotopic (exact) mass is 255 g/mol. The lowest BCUT2D eigenvalue weighted by molar-refractivity contribution is -0.225. The SMILES string of the molecule is FC(F)(F)N1C=NNC1C(Cl)(Cl)Cl. The third-order valence-corrected chi connectivity index (χ3v) is 1.88. The highest BCUT2D eigenvalue weighted by Crippen LogP contribution is 2.37. The molecule has 1 aliphatic rings. The summed E-state index contributed by atoms with van der Waals surface area (Å²) in [5.74, 6) is 0. The van der Waals surface area contributed by atoms with Crippen LogP contribution in [0.1, 0.15) is 0 Å². The minimum Gasteiger partial charge on any atom is -0.282 e. The minimum absolute atomic E-state index is 0.125. The maximum Gasteiger partial charge on any atom is 0.487 e. The summed E-state index contributed by atoms with van der Waals surface area (Å²) < 4.78 is 34.4. The highest BCUT2D eigenvalue weighted by atomic mass is 35.6. The predicted octanol–water partition coefficient (Wildman–Crippen LogP) is 2.05. The molecule has 0 spiro atoms. The van der Waals surface area contributed by atoms with Gasteiger partial charge in [0.05, 0.1) is 0 Å². The van der Waals surface area contributed by atoms with Crippen molar-refractivity contribution in [3.05, 3.63) is 0 Å². The molecule has 1 atom stereocenters. The summed E-state index contributed by atoms with van der Waals surface area (Å²) in [4.78, 5) is -0.125. The number of alkyl halides is 6. The van der Waals surface area contributed by atoms with Crippen LogP contribution in [0.4, 0.5) is 13.2 Å². The van der Waals surface area contributed by atoms with Crippen molar-refractivity contribution in [2.24, 2.45) is 5.10 Å². The summed E-state index contributed by atoms with van der Waals surface area (Å²) in [5, 5.41) is 3.16. The van der Waals surface area contributed by atoms with Crippen LogP contribution in [0.15, 0.2) is 5.10 Å². The molecule has 76 valence electrons. The Labute approximate surface area is 86.4 Å². The van der Waals surface area contributed by atoms with Gasteiger partial charge >= 0.3 is 6.30 Å². The van der Waals surface area contributed by atoms with Gasteiger partial charge in [0.2, 0.25) is 3.79 Å². The largest absolute Gasteiger partial charge is 0.487 e. The van der Waals surface area contributed by atoms with E-state index >= 15 is 0 Å². The molecule has 0 bridgehead atoms. The molecule has 0 aliphatic carbocycles. The van der Waals surface area contributed by atoms with Gasteiger partial charge < -0.3 is 0 Å². The quantitative estimate of drug-likeness (QED) is 0.531. The van der Waals surface area contributed by atoms with Gasteiger partial charge in [-0.15, -0.1) is 13.2 Å². The second-order valence-corrected chi connectivity index (χ2v) is 4.56. The molecule has 1 N–H and O–H groups in total. The van der Waals surface area contributed by atoms with E-state index < -0.39 is 16.3 Å². The molecule has 0 saturated carbocycles. The summed E-state index contributed by atoms with van der Waals surface area (Å²) in [6.07, 6.45) is -5.63. The van der Waals surface area contributed by atoms with Crippen LogP contribution < -0.4 is 5.43 Å². The molecule has 1 heterocycles. The van der Waals surface area contributed by atoms with Crippen molar-refractivity contribution in [1.82, 2.24) is 10.3 Å². The van der Waals surface area contributed by atoms with E-state index in [2.05, 4.69) is 5.10 Å². The van der Waals surface area contributed by atoms with Gasteiger partial charge in [0.15, 0.2) is 6.17 Å². The lowest BCUT2D eigenvalue weighted by atomic mass is 10.5. The Morgan fingerprint density at radius 2 is 1.85 bits per heavy atom. The Hall–Kier alpha value is -0.0700. The van der Waals surface area contributed by atoms with Crippen molar-refractivity contribution in [3.63, 3.8) is 0 Å². The van der Waals surface area contributed by atoms with Gasteiger partial charge in [-0.3, -0.25) is 5.43 Å². The molecule has 0 aromatic rings. The molecule has 0 aromatic carbocycles. The minimum atomic E-state index is -4.62. The van der Waals surface area contributed by atoms with E-state index in [9.17, 15) is 13.2 Å². The van der Waals surface area contributed by atoms with E-state index in [4.69, 9.17) is 34.8 Å². The zero-order valence-corrected chi connectivity index (χ0v) is 8.08. The highest BCUT2D eigenvalue weighted by molar-refractivity contribution is 6.68. The summed E-state index contributed by atoms with van der Waals surface area (Å²) in [6.45, 7) is 0. The number of hydrazone groups is 1. The fraction of sp³-hybridized carbons (Fsp3) is 0.750. The topological polar surface area (TPSA) is 27.6 Å². The van der Waals surface area contributed by atoms with E-state index in [0.717, 1.165) is 0 Å². The van der Waals surface area contributed by atoms with Gasteiger partial charge in [0.1, 0.15) is 6.34 Å². The molecule has 1 rings (SSSR count). The van der Waals surface area contributed by atoms with Gasteiger partial charge in [0, 0.05) is 0 Å². The number of nitrogens with one attached hydrogen (secondary N) is 1. The van der Waals surface area contributed by atoms with Crippen LogP contribution in [0.2, 0.25) is 0 Å². The van der Waals surface area contributed by atoms with Crippen molar-refractivity contribution < 1.29 is 13.2 Å². The molecule has 13 heavy (non-hydrogen) atoms. The molecule has 0 fully saturated rings. The summed E-state index contributed by atoms with van der Waals surface area (Å²) in [5.41, 5.74) is 2.03. The van der Waals surface area contributed by atoms with E-state index in [-0.39, 0.29) is 4.90 Å². The standard InChI is InChI=1S/C4H3Cl3F3N3/c5-3(6,7)2-12-11-1-13(2)4(8,9)10/h1-2,12H. The molecular formula is C4H3Cl3F3N3. The maximum absolute atomic E-state index is 12.2. The van der Waals surface area contributed by atoms with Crippen molar-refractivity contribution in [2.75, 3.05) is 0 Å². The average Bonchev–Trinajstić information content (AvgIpc) is 2.27. The molecule has 1 aliphatic heterocycles. The fourth-order valence-corrected chi connectivity index (χ4v) is 1.20. The summed E-state index contributed by atoms with van der Waals surface area (Å²) in [7, 11) is 0. The number of hydrogen-bond donors (Lipinski definition) is 1. The first-order chi connectivity index (χ1) is 5.73. The second kappa shape index (κ2) is 3.25. The van der Waals surface area contributed by atoms with E-state index in [1.54, 1.807) is 0 Å². The Morgan fingerprint density at radius 3 is 2.15 bits per heavy atom. The van der Waals surface area contributed by atoms with E-state index in [0.29, 0.717) is 6.34 Å². The first-order valence-electron chi connectivity index (χ1n) is 2.93. The third-order valence-electron chi connectivity index (χ3n) is 1.26. The van der Waals surface area contributed by atoms with Crippen molar-refractivity contribution in [2.45, 2.75) is 16.3 Å². The van der Waals surface area contributed by atoms with Crippen LogP contribution in [0.3, 0.4) is 0 Å². The number of hydrogen-bond acceptors (Lipinski definition) is 3. The molecule has 1 unspecified atom stereocenters. The van der Waals surface area contributed by atoms with Crippen molar-refractivity contribution in [1.29, 1.82) is 0 Å². The molecule has 0 radical (unpaired) electrons. The van der Waals surface area contributed by atoms with Gasteiger partial charge in [-0.1, -0.05) is 34.8 Å². The molecule has 3 nitrogen and oxygen atoms in total. The molecule has 0 saturated heterocycles. The molecule has 0 aromatic heterocycles.